The summed E-state index contributed by atoms with van der Waals surface area (Å²) >= 11 is 0. The highest BCUT2D eigenvalue weighted by Gasteiger charge is 2.54. The van der Waals surface area contributed by atoms with Crippen LogP contribution in [-0.2, 0) is 18.5 Å². The lowest BCUT2D eigenvalue weighted by Gasteiger charge is -2.54. The maximum absolute atomic E-state index is 11.1. The number of alkyl halides is 6. The van der Waals surface area contributed by atoms with E-state index in [1.165, 1.54) is 51.4 Å². The van der Waals surface area contributed by atoms with E-state index >= 15 is 0 Å². The summed E-state index contributed by atoms with van der Waals surface area (Å²) in [5.74, 6) is -1.33. The molecule has 0 heterocycles. The molecule has 0 aliphatic rings. The predicted molar refractivity (Wildman–Crippen MR) is 149 cm³/mol. The van der Waals surface area contributed by atoms with Crippen molar-refractivity contribution in [2.24, 2.45) is 11.3 Å². The number of halogens is 7. The number of ether oxygens (including phenoxy) is 2. The monoisotopic (exact) mass is 622 g/mol. The fraction of sp³-hybridized carbons (Fsp3) is 1.00. The lowest BCUT2D eigenvalue weighted by Crippen LogP contribution is -2.59. The number of unbranched alkanes of at least 4 members (excludes halogenated alkanes) is 4. The van der Waals surface area contributed by atoms with Gasteiger partial charge >= 0.3 is 12.4 Å². The molecule has 0 spiro atoms. The molecule has 0 saturated heterocycles. The van der Waals surface area contributed by atoms with Gasteiger partial charge in [-0.05, 0) is 25.2 Å². The van der Waals surface area contributed by atoms with Gasteiger partial charge in [0, 0.05) is 36.7 Å². The summed E-state index contributed by atoms with van der Waals surface area (Å²) in [6.45, 7) is 15.1. The Hall–Kier alpha value is -0.260. The Morgan fingerprint density at radius 3 is 1.51 bits per heavy atom. The largest absolute Gasteiger partial charge is 0.404 e. The first-order valence-corrected chi connectivity index (χ1v) is 16.3. The van der Waals surface area contributed by atoms with Crippen LogP contribution in [0.25, 0.3) is 0 Å². The first-order chi connectivity index (χ1) is 17.7. The van der Waals surface area contributed by atoms with Crippen LogP contribution < -0.4 is 0 Å². The summed E-state index contributed by atoms with van der Waals surface area (Å²) in [4.78, 5) is 0. The second kappa shape index (κ2) is 20.6. The summed E-state index contributed by atoms with van der Waals surface area (Å²) < 4.78 is 97.3. The van der Waals surface area contributed by atoms with Crippen molar-refractivity contribution in [3.05, 3.63) is 0 Å². The summed E-state index contributed by atoms with van der Waals surface area (Å²) in [5.41, 5.74) is -0.0496. The zero-order chi connectivity index (χ0) is 31.6. The van der Waals surface area contributed by atoms with Crippen molar-refractivity contribution in [2.75, 3.05) is 20.0 Å². The average molecular weight is 623 g/mol. The fourth-order valence-corrected chi connectivity index (χ4v) is 5.79. The Morgan fingerprint density at radius 1 is 0.795 bits per heavy atom. The van der Waals surface area contributed by atoms with Crippen LogP contribution in [0, 0.1) is 11.3 Å². The highest BCUT2D eigenvalue weighted by Crippen LogP contribution is 2.51. The number of hydrogen-bond donors (Lipinski definition) is 0. The minimum absolute atomic E-state index is 0.149. The Bertz CT molecular complexity index is 693. The molecule has 0 aromatic rings. The maximum atomic E-state index is 11.1. The minimum Gasteiger partial charge on any atom is -0.378 e. The zero-order valence-corrected chi connectivity index (χ0v) is 26.9. The van der Waals surface area contributed by atoms with Crippen LogP contribution in [0.2, 0.25) is 0 Å². The second-order valence-electron chi connectivity index (χ2n) is 10.1. The zero-order valence-electron chi connectivity index (χ0n) is 25.3. The van der Waals surface area contributed by atoms with Crippen molar-refractivity contribution in [2.45, 2.75) is 143 Å². The molecule has 4 unspecified atom stereocenters. The highest BCUT2D eigenvalue weighted by molar-refractivity contribution is 8.13. The highest BCUT2D eigenvalue weighted by atomic mass is 35.7. The molecular weight excluding hydrogens is 570 g/mol. The molecule has 0 amide bonds. The van der Waals surface area contributed by atoms with E-state index in [0.29, 0.717) is 5.92 Å². The van der Waals surface area contributed by atoms with E-state index in [9.17, 15) is 34.8 Å². The van der Waals surface area contributed by atoms with Crippen molar-refractivity contribution in [3.63, 3.8) is 0 Å². The molecule has 4 atom stereocenters. The molecule has 240 valence electrons. The number of methoxy groups -OCH3 is 2. The van der Waals surface area contributed by atoms with Gasteiger partial charge in [-0.1, -0.05) is 93.4 Å². The molecular formula is C27H53ClF6O4S. The molecule has 0 radical (unpaired) electrons. The van der Waals surface area contributed by atoms with Crippen LogP contribution in [0.5, 0.6) is 0 Å². The van der Waals surface area contributed by atoms with Crippen LogP contribution in [-0.4, -0.2) is 52.4 Å². The standard InChI is InChI=1S/C22H46O2.C3H5F3.C2H2ClF3O2S/c1-9-13-15-17-19(5)21(6,18-16-14-10-2)22(12-4,24-8)20(11-3)23-7;1-2-3(4,5)6;3-9(7,8)1-2(4,5)6/h19-20H,9-18H2,1-8H3;2H2,1H3;1H2. The number of hydrogen-bond acceptors (Lipinski definition) is 4. The van der Waals surface area contributed by atoms with E-state index in [4.69, 9.17) is 9.47 Å². The summed E-state index contributed by atoms with van der Waals surface area (Å²) in [6.07, 6.45) is 3.10. The van der Waals surface area contributed by atoms with Gasteiger partial charge in [-0.25, -0.2) is 8.42 Å². The molecule has 0 fully saturated rings. The molecule has 0 bridgehead atoms. The van der Waals surface area contributed by atoms with E-state index in [2.05, 4.69) is 52.2 Å². The van der Waals surface area contributed by atoms with Crippen molar-refractivity contribution in [1.29, 1.82) is 0 Å². The SMILES string of the molecule is CCC(F)(F)F.CCCCCC(C)C(C)(CCCCC)C(CC)(OC)C(CC)OC.O=S(=O)(Cl)CC(F)(F)F. The van der Waals surface area contributed by atoms with Gasteiger partial charge in [0.1, 0.15) is 0 Å². The van der Waals surface area contributed by atoms with Gasteiger partial charge in [-0.2, -0.15) is 26.3 Å². The van der Waals surface area contributed by atoms with E-state index in [1.807, 2.05) is 14.2 Å². The van der Waals surface area contributed by atoms with Gasteiger partial charge in [0.05, 0.1) is 11.7 Å². The van der Waals surface area contributed by atoms with Crippen LogP contribution in [0.15, 0.2) is 0 Å². The Labute approximate surface area is 238 Å². The van der Waals surface area contributed by atoms with Crippen molar-refractivity contribution >= 4 is 19.7 Å². The molecule has 0 aliphatic carbocycles. The number of rotatable bonds is 16. The summed E-state index contributed by atoms with van der Waals surface area (Å²) in [7, 11) is 3.59. The Kier molecular flexibility index (Phi) is 22.8. The van der Waals surface area contributed by atoms with Crippen molar-refractivity contribution in [1.82, 2.24) is 0 Å². The third-order valence-corrected chi connectivity index (χ3v) is 8.40. The van der Waals surface area contributed by atoms with Gasteiger partial charge in [0.15, 0.2) is 5.75 Å². The smallest absolute Gasteiger partial charge is 0.378 e. The molecule has 4 nitrogen and oxygen atoms in total. The van der Waals surface area contributed by atoms with E-state index in [1.54, 1.807) is 0 Å². The first-order valence-electron chi connectivity index (χ1n) is 13.8. The average Bonchev–Trinajstić information content (AvgIpc) is 2.80. The maximum Gasteiger partial charge on any atom is 0.404 e. The molecule has 0 aliphatic heterocycles. The summed E-state index contributed by atoms with van der Waals surface area (Å²) in [6, 6.07) is 0. The molecule has 0 aromatic carbocycles. The topological polar surface area (TPSA) is 52.6 Å². The van der Waals surface area contributed by atoms with Crippen LogP contribution in [0.4, 0.5) is 26.3 Å². The van der Waals surface area contributed by atoms with E-state index in [0.717, 1.165) is 19.8 Å². The van der Waals surface area contributed by atoms with Crippen LogP contribution in [0.1, 0.15) is 119 Å². The van der Waals surface area contributed by atoms with Gasteiger partial charge in [-0.15, -0.1) is 0 Å². The lowest BCUT2D eigenvalue weighted by atomic mass is 9.58. The van der Waals surface area contributed by atoms with Gasteiger partial charge in [-0.3, -0.25) is 0 Å². The third kappa shape index (κ3) is 18.7. The molecule has 0 N–H and O–H groups in total. The first kappa shape index (κ1) is 43.2. The molecule has 0 rings (SSSR count). The van der Waals surface area contributed by atoms with Crippen LogP contribution in [0.3, 0.4) is 0 Å². The summed E-state index contributed by atoms with van der Waals surface area (Å²) in [5, 5.41) is 0. The van der Waals surface area contributed by atoms with E-state index in [-0.39, 0.29) is 17.1 Å². The van der Waals surface area contributed by atoms with Crippen molar-refractivity contribution in [3.8, 4) is 0 Å². The quantitative estimate of drug-likeness (QED) is 0.0976. The molecule has 0 saturated carbocycles. The Balaban J connectivity index is -0.000000703. The van der Waals surface area contributed by atoms with Crippen LogP contribution >= 0.6 is 10.7 Å². The normalized spacial score (nSPS) is 17.0. The molecule has 0 aromatic heterocycles. The van der Waals surface area contributed by atoms with E-state index < -0.39 is 33.6 Å². The molecule has 12 heteroatoms. The second-order valence-corrected chi connectivity index (χ2v) is 12.9. The van der Waals surface area contributed by atoms with Gasteiger partial charge < -0.3 is 9.47 Å². The van der Waals surface area contributed by atoms with Crippen molar-refractivity contribution < 1.29 is 44.2 Å². The lowest BCUT2D eigenvalue weighted by molar-refractivity contribution is -0.206. The third-order valence-electron chi connectivity index (χ3n) is 7.40. The predicted octanol–water partition coefficient (Wildman–Crippen LogP) is 10.1. The van der Waals surface area contributed by atoms with Gasteiger partial charge in [0.25, 0.3) is 0 Å². The van der Waals surface area contributed by atoms with Gasteiger partial charge in [0.2, 0.25) is 9.05 Å². The fourth-order valence-electron chi connectivity index (χ4n) is 5.03. The minimum atomic E-state index is -4.74. The molecule has 39 heavy (non-hydrogen) atoms. The Morgan fingerprint density at radius 2 is 1.26 bits per heavy atom.